The first kappa shape index (κ1) is 29.0. The van der Waals surface area contributed by atoms with Crippen LogP contribution in [0.25, 0.3) is 10.9 Å². The lowest BCUT2D eigenvalue weighted by Gasteiger charge is -2.40. The van der Waals surface area contributed by atoms with Gasteiger partial charge in [0.15, 0.2) is 5.43 Å². The van der Waals surface area contributed by atoms with Crippen molar-refractivity contribution in [2.24, 2.45) is 4.99 Å². The Labute approximate surface area is 243 Å². The predicted molar refractivity (Wildman–Crippen MR) is 168 cm³/mol. The number of anilines is 1. The van der Waals surface area contributed by atoms with Crippen LogP contribution < -0.4 is 10.3 Å². The Balaban J connectivity index is 1.51. The topological polar surface area (TPSA) is 77.2 Å². The summed E-state index contributed by atoms with van der Waals surface area (Å²) in [6, 6.07) is 10.8. The summed E-state index contributed by atoms with van der Waals surface area (Å²) in [5.74, 6) is 0. The third-order valence-electron chi connectivity index (χ3n) is 8.49. The molecule has 2 saturated heterocycles. The maximum Gasteiger partial charge on any atom is 0.193 e. The Kier molecular flexibility index (Phi) is 8.90. The fourth-order valence-electron chi connectivity index (χ4n) is 6.32. The number of likely N-dealkylation sites (tertiary alicyclic amines) is 1. The number of aliphatic imine (C=N–C) groups is 1. The number of piperidine rings is 1. The van der Waals surface area contributed by atoms with Crippen LogP contribution in [0.3, 0.4) is 0 Å². The van der Waals surface area contributed by atoms with Crippen molar-refractivity contribution in [3.8, 4) is 0 Å². The molecule has 8 nitrogen and oxygen atoms in total. The van der Waals surface area contributed by atoms with Crippen molar-refractivity contribution in [2.75, 3.05) is 38.1 Å². The highest BCUT2D eigenvalue weighted by molar-refractivity contribution is 5.83. The summed E-state index contributed by atoms with van der Waals surface area (Å²) in [6.45, 7) is 15.2. The van der Waals surface area contributed by atoms with Crippen LogP contribution in [0, 0.1) is 6.92 Å². The number of aliphatic hydroxyl groups is 1. The van der Waals surface area contributed by atoms with Gasteiger partial charge in [-0.05, 0) is 75.9 Å². The Bertz CT molecular complexity index is 1480. The first-order chi connectivity index (χ1) is 19.7. The third kappa shape index (κ3) is 6.54. The number of hydrogen-bond donors (Lipinski definition) is 1. The van der Waals surface area contributed by atoms with Crippen molar-refractivity contribution in [1.29, 1.82) is 0 Å². The van der Waals surface area contributed by atoms with E-state index in [1.54, 1.807) is 7.05 Å². The Morgan fingerprint density at radius 3 is 2.73 bits per heavy atom. The number of allylic oxidation sites excluding steroid dienone is 1. The molecule has 41 heavy (non-hydrogen) atoms. The van der Waals surface area contributed by atoms with Crippen molar-refractivity contribution < 1.29 is 5.11 Å². The normalized spacial score (nSPS) is 19.8. The highest BCUT2D eigenvalue weighted by atomic mass is 16.3. The molecule has 0 unspecified atom stereocenters. The quantitative estimate of drug-likeness (QED) is 0.390. The van der Waals surface area contributed by atoms with Crippen molar-refractivity contribution >= 4 is 22.8 Å². The highest BCUT2D eigenvalue weighted by Crippen LogP contribution is 2.28. The number of nitrogens with zero attached hydrogens (tertiary/aromatic N) is 6. The zero-order chi connectivity index (χ0) is 29.1. The molecule has 2 aliphatic rings. The number of β-amino-alcohol motifs (C(OH)–C–C–N with tert-alkyl or cyclic N) is 1. The molecular formula is C33H44N6O2. The second-order valence-corrected chi connectivity index (χ2v) is 11.9. The van der Waals surface area contributed by atoms with Gasteiger partial charge >= 0.3 is 0 Å². The standard InChI is InChI=1S/C33H44N6O2/c1-23(2)39-20-27(33(41)31-9-8-28(16-32(31)39)37-14-11-30(40)22-37)19-38(18-26-10-12-35-24(3)15-26)29-7-6-13-36(21-29)25(4)17-34-5/h8-10,12,15-17,20,23,29-30,40H,4,6-7,11,13-14,18-19,21-22H2,1-3,5H3/t29-,30+/m0/s1. The van der Waals surface area contributed by atoms with Crippen LogP contribution in [0.2, 0.25) is 0 Å². The van der Waals surface area contributed by atoms with E-state index in [2.05, 4.69) is 74.1 Å². The lowest BCUT2D eigenvalue weighted by atomic mass is 10.0. The predicted octanol–water partition coefficient (Wildman–Crippen LogP) is 4.54. The number of hydrogen-bond acceptors (Lipinski definition) is 7. The molecule has 2 fully saturated rings. The van der Waals surface area contributed by atoms with Gasteiger partial charge in [-0.3, -0.25) is 19.7 Å². The van der Waals surface area contributed by atoms with Crippen LogP contribution in [-0.2, 0) is 13.1 Å². The van der Waals surface area contributed by atoms with Gasteiger partial charge in [0.2, 0.25) is 0 Å². The smallest absolute Gasteiger partial charge is 0.193 e. The average Bonchev–Trinajstić information content (AvgIpc) is 3.40. The SMILES string of the molecule is C=C(C=NC)N1CCC[C@H](N(Cc2ccnc(C)c2)Cc2cn(C(C)C)c3cc(N4CC[C@@H](O)C4)ccc3c2=O)C1. The molecule has 218 valence electrons. The molecule has 2 atom stereocenters. The molecule has 0 aliphatic carbocycles. The lowest BCUT2D eigenvalue weighted by molar-refractivity contribution is 0.105. The van der Waals surface area contributed by atoms with Crippen molar-refractivity contribution in [2.45, 2.75) is 71.3 Å². The summed E-state index contributed by atoms with van der Waals surface area (Å²) in [5, 5.41) is 10.8. The number of pyridine rings is 2. The van der Waals surface area contributed by atoms with Gasteiger partial charge in [0.1, 0.15) is 0 Å². The van der Waals surface area contributed by atoms with E-state index in [0.717, 1.165) is 79.0 Å². The number of aliphatic hydroxyl groups excluding tert-OH is 1. The first-order valence-corrected chi connectivity index (χ1v) is 14.9. The number of aromatic nitrogens is 2. The van der Waals surface area contributed by atoms with Crippen LogP contribution in [0.5, 0.6) is 0 Å². The number of aryl methyl sites for hydroxylation is 1. The zero-order valence-corrected chi connectivity index (χ0v) is 25.0. The second kappa shape index (κ2) is 12.6. The highest BCUT2D eigenvalue weighted by Gasteiger charge is 2.28. The lowest BCUT2D eigenvalue weighted by Crippen LogP contribution is -2.47. The molecule has 0 spiro atoms. The average molecular weight is 557 g/mol. The van der Waals surface area contributed by atoms with Crippen LogP contribution in [-0.4, -0.2) is 76.0 Å². The van der Waals surface area contributed by atoms with Crippen LogP contribution in [0.15, 0.2) is 64.8 Å². The summed E-state index contributed by atoms with van der Waals surface area (Å²) in [5.41, 5.74) is 6.04. The van der Waals surface area contributed by atoms with E-state index >= 15 is 0 Å². The molecule has 3 aromatic rings. The molecule has 8 heteroatoms. The summed E-state index contributed by atoms with van der Waals surface area (Å²) < 4.78 is 2.24. The molecule has 0 radical (unpaired) electrons. The van der Waals surface area contributed by atoms with Gasteiger partial charge in [0, 0.05) is 105 Å². The minimum atomic E-state index is -0.294. The van der Waals surface area contributed by atoms with Gasteiger partial charge in [-0.25, -0.2) is 0 Å². The van der Waals surface area contributed by atoms with Gasteiger partial charge in [-0.2, -0.15) is 0 Å². The van der Waals surface area contributed by atoms with Gasteiger partial charge < -0.3 is 19.5 Å². The Morgan fingerprint density at radius 2 is 2.02 bits per heavy atom. The minimum absolute atomic E-state index is 0.0935. The molecule has 0 amide bonds. The Hall–Kier alpha value is -3.49. The van der Waals surface area contributed by atoms with E-state index in [0.29, 0.717) is 13.1 Å². The van der Waals surface area contributed by atoms with Crippen molar-refractivity contribution in [3.63, 3.8) is 0 Å². The van der Waals surface area contributed by atoms with E-state index in [4.69, 9.17) is 0 Å². The molecular weight excluding hydrogens is 512 g/mol. The Morgan fingerprint density at radius 1 is 1.20 bits per heavy atom. The summed E-state index contributed by atoms with van der Waals surface area (Å²) in [7, 11) is 1.78. The van der Waals surface area contributed by atoms with Crippen molar-refractivity contribution in [1.82, 2.24) is 19.4 Å². The van der Waals surface area contributed by atoms with Crippen molar-refractivity contribution in [3.05, 3.63) is 82.0 Å². The van der Waals surface area contributed by atoms with E-state index in [9.17, 15) is 9.90 Å². The summed E-state index contributed by atoms with van der Waals surface area (Å²) in [6.07, 6.45) is 8.39. The van der Waals surface area contributed by atoms with Crippen LogP contribution in [0.1, 0.15) is 56.0 Å². The van der Waals surface area contributed by atoms with Crippen LogP contribution in [0.4, 0.5) is 5.69 Å². The third-order valence-corrected chi connectivity index (χ3v) is 8.49. The second-order valence-electron chi connectivity index (χ2n) is 11.9. The fourth-order valence-corrected chi connectivity index (χ4v) is 6.32. The van der Waals surface area contributed by atoms with Gasteiger partial charge in [-0.15, -0.1) is 0 Å². The van der Waals surface area contributed by atoms with Gasteiger partial charge in [0.25, 0.3) is 0 Å². The van der Waals surface area contributed by atoms with E-state index in [1.165, 1.54) is 5.56 Å². The van der Waals surface area contributed by atoms with Crippen LogP contribution >= 0.6 is 0 Å². The largest absolute Gasteiger partial charge is 0.391 e. The van der Waals surface area contributed by atoms with E-state index in [-0.39, 0.29) is 23.6 Å². The zero-order valence-electron chi connectivity index (χ0n) is 25.0. The van der Waals surface area contributed by atoms with Gasteiger partial charge in [-0.1, -0.05) is 6.58 Å². The number of benzene rings is 1. The fraction of sp³-hybridized carbons (Fsp3) is 0.485. The summed E-state index contributed by atoms with van der Waals surface area (Å²) in [4.78, 5) is 29.6. The molecule has 0 saturated carbocycles. The molecule has 1 N–H and O–H groups in total. The molecule has 0 bridgehead atoms. The molecule has 1 aromatic carbocycles. The molecule has 5 rings (SSSR count). The van der Waals surface area contributed by atoms with Gasteiger partial charge in [0.05, 0.1) is 11.6 Å². The summed E-state index contributed by atoms with van der Waals surface area (Å²) >= 11 is 0. The maximum absolute atomic E-state index is 14.0. The monoisotopic (exact) mass is 556 g/mol. The molecule has 4 heterocycles. The maximum atomic E-state index is 14.0. The first-order valence-electron chi connectivity index (χ1n) is 14.9. The minimum Gasteiger partial charge on any atom is -0.391 e. The van der Waals surface area contributed by atoms with E-state index < -0.39 is 0 Å². The molecule has 2 aromatic heterocycles. The van der Waals surface area contributed by atoms with E-state index in [1.807, 2.05) is 31.5 Å². The number of fused-ring (bicyclic) bond motifs is 1. The molecule has 2 aliphatic heterocycles. The number of rotatable bonds is 9.